The summed E-state index contributed by atoms with van der Waals surface area (Å²) in [6.45, 7) is 4.04. The van der Waals surface area contributed by atoms with Crippen molar-refractivity contribution in [2.24, 2.45) is 0 Å². The van der Waals surface area contributed by atoms with Crippen LogP contribution < -0.4 is 4.90 Å². The maximum Gasteiger partial charge on any atom is 0.325 e. The van der Waals surface area contributed by atoms with Crippen LogP contribution >= 0.6 is 11.6 Å². The predicted octanol–water partition coefficient (Wildman–Crippen LogP) is 2.60. The van der Waals surface area contributed by atoms with Crippen LogP contribution in [-0.4, -0.2) is 25.7 Å². The van der Waals surface area contributed by atoms with Crippen LogP contribution in [0.4, 0.5) is 5.69 Å². The molecule has 0 spiro atoms. The molecule has 1 aromatic rings. The molecule has 0 saturated heterocycles. The fourth-order valence-corrected chi connectivity index (χ4v) is 1.85. The third-order valence-electron chi connectivity index (χ3n) is 2.54. The van der Waals surface area contributed by atoms with Crippen LogP contribution in [0.3, 0.4) is 0 Å². The molecule has 0 atom stereocenters. The van der Waals surface area contributed by atoms with E-state index in [1.54, 1.807) is 18.2 Å². The molecule has 0 unspecified atom stereocenters. The van der Waals surface area contributed by atoms with E-state index >= 15 is 0 Å². The number of carbonyl (C=O) groups is 1. The molecule has 0 aliphatic carbocycles. The van der Waals surface area contributed by atoms with E-state index in [-0.39, 0.29) is 18.6 Å². The molecule has 0 amide bonds. The van der Waals surface area contributed by atoms with Gasteiger partial charge in [0.1, 0.15) is 6.54 Å². The Morgan fingerprint density at radius 1 is 1.56 bits per heavy atom. The van der Waals surface area contributed by atoms with E-state index < -0.39 is 0 Å². The number of carbonyl (C=O) groups excluding carboxylic acids is 1. The number of hydrogen-bond acceptors (Lipinski definition) is 4. The number of halogens is 1. The van der Waals surface area contributed by atoms with Crippen LogP contribution in [0.2, 0.25) is 5.02 Å². The van der Waals surface area contributed by atoms with Gasteiger partial charge in [0.2, 0.25) is 0 Å². The minimum absolute atomic E-state index is 0.0922. The molecule has 0 N–H and O–H groups in total. The SMILES string of the molecule is COC(=O)CN(c1ccc(C#N)cc1Cl)C(C)C. The van der Waals surface area contributed by atoms with Crippen LogP contribution in [0.25, 0.3) is 0 Å². The van der Waals surface area contributed by atoms with Gasteiger partial charge in [-0.15, -0.1) is 0 Å². The molecule has 0 aliphatic rings. The number of nitrogens with zero attached hydrogens (tertiary/aromatic N) is 2. The third kappa shape index (κ3) is 3.38. The number of nitriles is 1. The molecule has 4 nitrogen and oxygen atoms in total. The summed E-state index contributed by atoms with van der Waals surface area (Å²) < 4.78 is 4.66. The Morgan fingerprint density at radius 2 is 2.22 bits per heavy atom. The molecule has 0 radical (unpaired) electrons. The van der Waals surface area contributed by atoms with Crippen LogP contribution in [0.15, 0.2) is 18.2 Å². The third-order valence-corrected chi connectivity index (χ3v) is 2.84. The van der Waals surface area contributed by atoms with E-state index in [9.17, 15) is 4.79 Å². The van der Waals surface area contributed by atoms with Gasteiger partial charge in [0, 0.05) is 6.04 Å². The van der Waals surface area contributed by atoms with Crippen molar-refractivity contribution in [3.05, 3.63) is 28.8 Å². The Morgan fingerprint density at radius 3 is 2.67 bits per heavy atom. The number of benzene rings is 1. The average Bonchev–Trinajstić information content (AvgIpc) is 2.35. The van der Waals surface area contributed by atoms with Crippen molar-refractivity contribution < 1.29 is 9.53 Å². The monoisotopic (exact) mass is 266 g/mol. The molecule has 0 fully saturated rings. The lowest BCUT2D eigenvalue weighted by Gasteiger charge is -2.28. The van der Waals surface area contributed by atoms with Gasteiger partial charge in [0.25, 0.3) is 0 Å². The molecule has 0 saturated carbocycles. The van der Waals surface area contributed by atoms with Crippen LogP contribution in [0.5, 0.6) is 0 Å². The van der Waals surface area contributed by atoms with Crippen LogP contribution in [0, 0.1) is 11.3 Å². The van der Waals surface area contributed by atoms with Gasteiger partial charge in [-0.1, -0.05) is 11.6 Å². The number of rotatable bonds is 4. The van der Waals surface area contributed by atoms with E-state index in [0.717, 1.165) is 5.69 Å². The lowest BCUT2D eigenvalue weighted by molar-refractivity contribution is -0.139. The normalized spacial score (nSPS) is 10.0. The largest absolute Gasteiger partial charge is 0.468 e. The van der Waals surface area contributed by atoms with Gasteiger partial charge in [0.15, 0.2) is 0 Å². The summed E-state index contributed by atoms with van der Waals surface area (Å²) in [5.74, 6) is -0.330. The van der Waals surface area contributed by atoms with Crippen molar-refractivity contribution in [2.45, 2.75) is 19.9 Å². The standard InChI is InChI=1S/C13H15ClN2O2/c1-9(2)16(8-13(17)18-3)12-5-4-10(7-15)6-11(12)14/h4-6,9H,8H2,1-3H3. The van der Waals surface area contributed by atoms with Crippen LogP contribution in [-0.2, 0) is 9.53 Å². The second-order valence-electron chi connectivity index (χ2n) is 4.08. The van der Waals surface area contributed by atoms with Gasteiger partial charge in [0.05, 0.1) is 29.5 Å². The first-order valence-electron chi connectivity index (χ1n) is 5.52. The smallest absolute Gasteiger partial charge is 0.325 e. The highest BCUT2D eigenvalue weighted by Gasteiger charge is 2.17. The van der Waals surface area contributed by atoms with Crippen LogP contribution in [0.1, 0.15) is 19.4 Å². The van der Waals surface area contributed by atoms with Gasteiger partial charge in [-0.2, -0.15) is 5.26 Å². The Balaban J connectivity index is 3.07. The molecule has 0 heterocycles. The molecule has 0 aromatic heterocycles. The first-order valence-corrected chi connectivity index (χ1v) is 5.90. The molecule has 0 bridgehead atoms. The topological polar surface area (TPSA) is 53.3 Å². The number of methoxy groups -OCH3 is 1. The minimum Gasteiger partial charge on any atom is -0.468 e. The quantitative estimate of drug-likeness (QED) is 0.786. The highest BCUT2D eigenvalue weighted by molar-refractivity contribution is 6.33. The predicted molar refractivity (Wildman–Crippen MR) is 70.7 cm³/mol. The molecule has 96 valence electrons. The Hall–Kier alpha value is -1.73. The highest BCUT2D eigenvalue weighted by Crippen LogP contribution is 2.28. The fourth-order valence-electron chi connectivity index (χ4n) is 1.56. The van der Waals surface area contributed by atoms with E-state index in [4.69, 9.17) is 16.9 Å². The Labute approximate surface area is 112 Å². The minimum atomic E-state index is -0.330. The summed E-state index contributed by atoms with van der Waals surface area (Å²) in [5.41, 5.74) is 1.21. The zero-order valence-electron chi connectivity index (χ0n) is 10.6. The first-order chi connectivity index (χ1) is 8.49. The van der Waals surface area contributed by atoms with Crippen molar-refractivity contribution in [3.8, 4) is 6.07 Å². The Bertz CT molecular complexity index is 480. The van der Waals surface area contributed by atoms with Gasteiger partial charge in [-0.05, 0) is 32.0 Å². The zero-order valence-corrected chi connectivity index (χ0v) is 11.4. The van der Waals surface area contributed by atoms with Gasteiger partial charge in [-0.3, -0.25) is 4.79 Å². The van der Waals surface area contributed by atoms with Gasteiger partial charge >= 0.3 is 5.97 Å². The number of hydrogen-bond donors (Lipinski definition) is 0. The second-order valence-corrected chi connectivity index (χ2v) is 4.48. The fraction of sp³-hybridized carbons (Fsp3) is 0.385. The first kappa shape index (κ1) is 14.3. The zero-order chi connectivity index (χ0) is 13.7. The van der Waals surface area contributed by atoms with Gasteiger partial charge < -0.3 is 9.64 Å². The second kappa shape index (κ2) is 6.27. The lowest BCUT2D eigenvalue weighted by atomic mass is 10.2. The molecule has 1 aromatic carbocycles. The molecular formula is C13H15ClN2O2. The molecule has 18 heavy (non-hydrogen) atoms. The number of anilines is 1. The van der Waals surface area contributed by atoms with Crippen molar-refractivity contribution in [3.63, 3.8) is 0 Å². The van der Waals surface area contributed by atoms with E-state index in [1.165, 1.54) is 7.11 Å². The summed E-state index contributed by atoms with van der Waals surface area (Å²) in [6.07, 6.45) is 0. The maximum absolute atomic E-state index is 11.4. The van der Waals surface area contributed by atoms with Crippen molar-refractivity contribution in [1.82, 2.24) is 0 Å². The summed E-state index contributed by atoms with van der Waals surface area (Å²) >= 11 is 6.13. The summed E-state index contributed by atoms with van der Waals surface area (Å²) in [6, 6.07) is 7.11. The molecule has 5 heteroatoms. The van der Waals surface area contributed by atoms with Gasteiger partial charge in [-0.25, -0.2) is 0 Å². The molecular weight excluding hydrogens is 252 g/mol. The van der Waals surface area contributed by atoms with E-state index in [1.807, 2.05) is 24.8 Å². The highest BCUT2D eigenvalue weighted by atomic mass is 35.5. The Kier molecular flexibility index (Phi) is 4.99. The summed E-state index contributed by atoms with van der Waals surface area (Å²) in [7, 11) is 1.35. The van der Waals surface area contributed by atoms with Crippen molar-refractivity contribution >= 4 is 23.3 Å². The van der Waals surface area contributed by atoms with Crippen molar-refractivity contribution in [2.75, 3.05) is 18.6 Å². The van der Waals surface area contributed by atoms with Crippen molar-refractivity contribution in [1.29, 1.82) is 5.26 Å². The molecule has 0 aliphatic heterocycles. The summed E-state index contributed by atoms with van der Waals surface area (Å²) in [5, 5.41) is 9.24. The average molecular weight is 267 g/mol. The lowest BCUT2D eigenvalue weighted by Crippen LogP contribution is -2.36. The number of ether oxygens (including phenoxy) is 1. The number of esters is 1. The molecule has 1 rings (SSSR count). The maximum atomic E-state index is 11.4. The summed E-state index contributed by atoms with van der Waals surface area (Å²) in [4.78, 5) is 13.2. The van der Waals surface area contributed by atoms with E-state index in [0.29, 0.717) is 10.6 Å². The van der Waals surface area contributed by atoms with E-state index in [2.05, 4.69) is 4.74 Å².